The lowest BCUT2D eigenvalue weighted by atomic mass is 10.2. The van der Waals surface area contributed by atoms with Crippen molar-refractivity contribution in [2.45, 2.75) is 38.5 Å². The van der Waals surface area contributed by atoms with Gasteiger partial charge in [-0.3, -0.25) is 4.79 Å². The minimum Gasteiger partial charge on any atom is -0.399 e. The lowest BCUT2D eigenvalue weighted by Crippen LogP contribution is -2.26. The van der Waals surface area contributed by atoms with Crippen LogP contribution in [-0.2, 0) is 17.9 Å². The molecule has 3 rings (SSSR count). The molecular weight excluding hydrogens is 256 g/mol. The van der Waals surface area contributed by atoms with Gasteiger partial charge in [-0.2, -0.15) is 0 Å². The molecule has 0 bridgehead atoms. The van der Waals surface area contributed by atoms with Crippen LogP contribution in [0, 0.1) is 0 Å². The van der Waals surface area contributed by atoms with Gasteiger partial charge in [0.05, 0.1) is 11.0 Å². The molecule has 1 heterocycles. The van der Waals surface area contributed by atoms with Gasteiger partial charge < -0.3 is 20.7 Å². The number of carbonyl (C=O) groups excluding carboxylic acids is 1. The largest absolute Gasteiger partial charge is 0.399 e. The summed E-state index contributed by atoms with van der Waals surface area (Å²) >= 11 is 0. The number of nitrogen functional groups attached to an aromatic ring is 1. The SMILES string of the molecule is Nc1ccc2c(c1)nc(CO)n2CCC(=O)NC1CC1. The average molecular weight is 274 g/mol. The fourth-order valence-corrected chi connectivity index (χ4v) is 2.31. The van der Waals surface area contributed by atoms with E-state index in [0.29, 0.717) is 30.5 Å². The van der Waals surface area contributed by atoms with Crippen LogP contribution >= 0.6 is 0 Å². The molecule has 0 spiro atoms. The molecule has 0 aliphatic heterocycles. The summed E-state index contributed by atoms with van der Waals surface area (Å²) in [7, 11) is 0. The summed E-state index contributed by atoms with van der Waals surface area (Å²) in [6.07, 6.45) is 2.56. The number of hydrogen-bond acceptors (Lipinski definition) is 4. The molecule has 106 valence electrons. The van der Waals surface area contributed by atoms with Crippen LogP contribution in [0.25, 0.3) is 11.0 Å². The van der Waals surface area contributed by atoms with Gasteiger partial charge in [-0.05, 0) is 31.0 Å². The predicted octanol–water partition coefficient (Wildman–Crippen LogP) is 0.779. The van der Waals surface area contributed by atoms with Crippen molar-refractivity contribution in [2.75, 3.05) is 5.73 Å². The first-order valence-electron chi connectivity index (χ1n) is 6.82. The summed E-state index contributed by atoms with van der Waals surface area (Å²) in [6.45, 7) is 0.355. The number of aromatic nitrogens is 2. The Hall–Kier alpha value is -2.08. The van der Waals surface area contributed by atoms with Crippen LogP contribution in [0.1, 0.15) is 25.1 Å². The van der Waals surface area contributed by atoms with E-state index in [9.17, 15) is 9.90 Å². The highest BCUT2D eigenvalue weighted by Gasteiger charge is 2.23. The van der Waals surface area contributed by atoms with Gasteiger partial charge in [-0.25, -0.2) is 4.98 Å². The molecule has 4 N–H and O–H groups in total. The van der Waals surface area contributed by atoms with Crippen molar-refractivity contribution in [3.8, 4) is 0 Å². The molecule has 0 atom stereocenters. The number of rotatable bonds is 5. The molecule has 0 radical (unpaired) electrons. The molecule has 20 heavy (non-hydrogen) atoms. The fraction of sp³-hybridized carbons (Fsp3) is 0.429. The van der Waals surface area contributed by atoms with Gasteiger partial charge in [0.15, 0.2) is 0 Å². The number of benzene rings is 1. The molecule has 1 aromatic carbocycles. The van der Waals surface area contributed by atoms with Crippen molar-refractivity contribution in [1.29, 1.82) is 0 Å². The number of nitrogens with two attached hydrogens (primary N) is 1. The van der Waals surface area contributed by atoms with Crippen molar-refractivity contribution < 1.29 is 9.90 Å². The number of aliphatic hydroxyl groups is 1. The summed E-state index contributed by atoms with van der Waals surface area (Å²) in [5.74, 6) is 0.610. The van der Waals surface area contributed by atoms with Gasteiger partial charge in [0.25, 0.3) is 0 Å². The van der Waals surface area contributed by atoms with Gasteiger partial charge in [0.2, 0.25) is 5.91 Å². The van der Waals surface area contributed by atoms with E-state index in [2.05, 4.69) is 10.3 Å². The number of carbonyl (C=O) groups is 1. The Morgan fingerprint density at radius 2 is 2.30 bits per heavy atom. The highest BCUT2D eigenvalue weighted by atomic mass is 16.3. The fourth-order valence-electron chi connectivity index (χ4n) is 2.31. The van der Waals surface area contributed by atoms with E-state index in [0.717, 1.165) is 23.9 Å². The Labute approximate surface area is 116 Å². The molecule has 0 saturated heterocycles. The maximum Gasteiger partial charge on any atom is 0.222 e. The Balaban J connectivity index is 1.79. The third kappa shape index (κ3) is 2.60. The number of amides is 1. The summed E-state index contributed by atoms with van der Waals surface area (Å²) in [6, 6.07) is 5.82. The summed E-state index contributed by atoms with van der Waals surface area (Å²) in [5, 5.41) is 12.4. The molecule has 2 aromatic rings. The van der Waals surface area contributed by atoms with E-state index in [4.69, 9.17) is 5.73 Å². The summed E-state index contributed by atoms with van der Waals surface area (Å²) in [5.41, 5.74) is 8.01. The van der Waals surface area contributed by atoms with Crippen molar-refractivity contribution in [1.82, 2.24) is 14.9 Å². The van der Waals surface area contributed by atoms with E-state index in [-0.39, 0.29) is 12.5 Å². The van der Waals surface area contributed by atoms with Gasteiger partial charge in [0.1, 0.15) is 12.4 Å². The molecule has 1 amide bonds. The average Bonchev–Trinajstić information content (AvgIpc) is 3.16. The highest BCUT2D eigenvalue weighted by Crippen LogP contribution is 2.21. The Morgan fingerprint density at radius 1 is 1.50 bits per heavy atom. The monoisotopic (exact) mass is 274 g/mol. The van der Waals surface area contributed by atoms with Gasteiger partial charge in [-0.1, -0.05) is 0 Å². The lowest BCUT2D eigenvalue weighted by molar-refractivity contribution is -0.121. The van der Waals surface area contributed by atoms with Crippen LogP contribution in [0.2, 0.25) is 0 Å². The molecule has 1 fully saturated rings. The topological polar surface area (TPSA) is 93.2 Å². The minimum absolute atomic E-state index is 0.0497. The number of hydrogen-bond donors (Lipinski definition) is 3. The maximum absolute atomic E-state index is 11.8. The molecule has 0 unspecified atom stereocenters. The second-order valence-electron chi connectivity index (χ2n) is 5.18. The third-order valence-electron chi connectivity index (χ3n) is 3.50. The Kier molecular flexibility index (Phi) is 3.31. The zero-order chi connectivity index (χ0) is 14.1. The van der Waals surface area contributed by atoms with Crippen LogP contribution < -0.4 is 11.1 Å². The van der Waals surface area contributed by atoms with E-state index in [1.807, 2.05) is 10.6 Å². The zero-order valence-electron chi connectivity index (χ0n) is 11.2. The first-order chi connectivity index (χ1) is 9.67. The van der Waals surface area contributed by atoms with Crippen LogP contribution in [0.15, 0.2) is 18.2 Å². The standard InChI is InChI=1S/C14H18N4O2/c15-9-1-4-12-11(7-9)17-13(8-19)18(12)6-5-14(20)16-10-2-3-10/h1,4,7,10,19H,2-3,5-6,8,15H2,(H,16,20). The Bertz CT molecular complexity index is 646. The number of aryl methyl sites for hydroxylation is 1. The van der Waals surface area contributed by atoms with Gasteiger partial charge >= 0.3 is 0 Å². The van der Waals surface area contributed by atoms with E-state index in [1.54, 1.807) is 12.1 Å². The van der Waals surface area contributed by atoms with Crippen molar-refractivity contribution in [3.63, 3.8) is 0 Å². The zero-order valence-corrected chi connectivity index (χ0v) is 11.2. The van der Waals surface area contributed by atoms with E-state index >= 15 is 0 Å². The number of fused-ring (bicyclic) bond motifs is 1. The van der Waals surface area contributed by atoms with Crippen LogP contribution in [0.4, 0.5) is 5.69 Å². The summed E-state index contributed by atoms with van der Waals surface area (Å²) in [4.78, 5) is 16.1. The first kappa shape index (κ1) is 12.9. The lowest BCUT2D eigenvalue weighted by Gasteiger charge is -2.08. The first-order valence-corrected chi connectivity index (χ1v) is 6.82. The number of nitrogens with one attached hydrogen (secondary N) is 1. The summed E-state index contributed by atoms with van der Waals surface area (Å²) < 4.78 is 1.88. The maximum atomic E-state index is 11.8. The van der Waals surface area contributed by atoms with Crippen LogP contribution in [-0.4, -0.2) is 26.6 Å². The van der Waals surface area contributed by atoms with E-state index < -0.39 is 0 Å². The molecule has 6 heteroatoms. The molecular formula is C14H18N4O2. The highest BCUT2D eigenvalue weighted by molar-refractivity contribution is 5.80. The number of nitrogens with zero attached hydrogens (tertiary/aromatic N) is 2. The third-order valence-corrected chi connectivity index (χ3v) is 3.50. The van der Waals surface area contributed by atoms with Crippen LogP contribution in [0.5, 0.6) is 0 Å². The molecule has 1 aliphatic carbocycles. The Morgan fingerprint density at radius 3 is 3.00 bits per heavy atom. The predicted molar refractivity (Wildman–Crippen MR) is 75.8 cm³/mol. The van der Waals surface area contributed by atoms with Crippen molar-refractivity contribution in [2.24, 2.45) is 0 Å². The van der Waals surface area contributed by atoms with Gasteiger partial charge in [-0.15, -0.1) is 0 Å². The normalized spacial score (nSPS) is 14.7. The molecule has 1 aromatic heterocycles. The van der Waals surface area contributed by atoms with Crippen LogP contribution in [0.3, 0.4) is 0 Å². The quantitative estimate of drug-likeness (QED) is 0.702. The second kappa shape index (κ2) is 5.13. The van der Waals surface area contributed by atoms with Gasteiger partial charge in [0, 0.05) is 24.7 Å². The number of aliphatic hydroxyl groups excluding tert-OH is 1. The minimum atomic E-state index is -0.154. The molecule has 1 aliphatic rings. The smallest absolute Gasteiger partial charge is 0.222 e. The second-order valence-corrected chi connectivity index (χ2v) is 5.18. The number of anilines is 1. The molecule has 6 nitrogen and oxygen atoms in total. The van der Waals surface area contributed by atoms with Crippen molar-refractivity contribution in [3.05, 3.63) is 24.0 Å². The van der Waals surface area contributed by atoms with E-state index in [1.165, 1.54) is 0 Å². The van der Waals surface area contributed by atoms with Crippen molar-refractivity contribution >= 4 is 22.6 Å². The number of imidazole rings is 1. The molecule has 1 saturated carbocycles.